The minimum Gasteiger partial charge on any atom is -0.264 e. The summed E-state index contributed by atoms with van der Waals surface area (Å²) in [5.41, 5.74) is 0.696. The van der Waals surface area contributed by atoms with Crippen molar-refractivity contribution in [2.75, 3.05) is 0 Å². The van der Waals surface area contributed by atoms with Gasteiger partial charge in [-0.2, -0.15) is 13.5 Å². The van der Waals surface area contributed by atoms with Gasteiger partial charge < -0.3 is 0 Å². The number of pyridine rings is 1. The Kier molecular flexibility index (Phi) is 4.13. The van der Waals surface area contributed by atoms with Gasteiger partial charge in [0, 0.05) is 23.0 Å². The molecule has 1 aromatic heterocycles. The molecule has 2 rings (SSSR count). The van der Waals surface area contributed by atoms with Gasteiger partial charge in [-0.05, 0) is 30.3 Å². The molecular formula is C12H10ClN3O2S. The second-order valence-electron chi connectivity index (χ2n) is 3.59. The maximum absolute atomic E-state index is 11.9. The summed E-state index contributed by atoms with van der Waals surface area (Å²) in [6.07, 6.45) is 4.57. The van der Waals surface area contributed by atoms with Crippen molar-refractivity contribution >= 4 is 27.8 Å². The predicted molar refractivity (Wildman–Crippen MR) is 73.6 cm³/mol. The van der Waals surface area contributed by atoms with E-state index < -0.39 is 10.0 Å². The fraction of sp³-hybridized carbons (Fsp3) is 0. The second kappa shape index (κ2) is 5.81. The van der Waals surface area contributed by atoms with Crippen molar-refractivity contribution < 1.29 is 8.42 Å². The zero-order chi connectivity index (χ0) is 13.7. The third-order valence-electron chi connectivity index (χ3n) is 2.19. The Hall–Kier alpha value is -1.92. The molecular weight excluding hydrogens is 286 g/mol. The molecule has 0 radical (unpaired) electrons. The SMILES string of the molecule is O=S(=O)(N/N=C/c1cccnc1)c1ccc(Cl)cc1. The first kappa shape index (κ1) is 13.5. The fourth-order valence-electron chi connectivity index (χ4n) is 1.29. The molecule has 98 valence electrons. The maximum atomic E-state index is 11.9. The summed E-state index contributed by atoms with van der Waals surface area (Å²) in [6.45, 7) is 0. The molecule has 1 aromatic carbocycles. The molecule has 0 saturated carbocycles. The van der Waals surface area contributed by atoms with Gasteiger partial charge in [0.05, 0.1) is 11.1 Å². The van der Waals surface area contributed by atoms with E-state index in [2.05, 4.69) is 14.9 Å². The quantitative estimate of drug-likeness (QED) is 0.693. The van der Waals surface area contributed by atoms with E-state index in [9.17, 15) is 8.42 Å². The average Bonchev–Trinajstić information content (AvgIpc) is 2.40. The van der Waals surface area contributed by atoms with Gasteiger partial charge in [-0.1, -0.05) is 17.7 Å². The lowest BCUT2D eigenvalue weighted by Crippen LogP contribution is -2.18. The number of sulfonamides is 1. The first-order valence-electron chi connectivity index (χ1n) is 5.28. The Morgan fingerprint density at radius 3 is 2.58 bits per heavy atom. The van der Waals surface area contributed by atoms with Crippen molar-refractivity contribution in [2.45, 2.75) is 4.90 Å². The van der Waals surface area contributed by atoms with Crippen LogP contribution in [0.1, 0.15) is 5.56 Å². The topological polar surface area (TPSA) is 71.4 Å². The van der Waals surface area contributed by atoms with Gasteiger partial charge >= 0.3 is 0 Å². The van der Waals surface area contributed by atoms with Crippen molar-refractivity contribution in [1.82, 2.24) is 9.82 Å². The summed E-state index contributed by atoms with van der Waals surface area (Å²) in [5.74, 6) is 0. The van der Waals surface area contributed by atoms with Gasteiger partial charge in [0.1, 0.15) is 0 Å². The van der Waals surface area contributed by atoms with Crippen LogP contribution >= 0.6 is 11.6 Å². The standard InChI is InChI=1S/C12H10ClN3O2S/c13-11-3-5-12(6-4-11)19(17,18)16-15-9-10-2-1-7-14-8-10/h1-9,16H/b15-9+. The first-order chi connectivity index (χ1) is 9.08. The molecule has 0 atom stereocenters. The van der Waals surface area contributed by atoms with Gasteiger partial charge in [-0.3, -0.25) is 4.98 Å². The molecule has 0 aliphatic heterocycles. The Balaban J connectivity index is 2.10. The summed E-state index contributed by atoms with van der Waals surface area (Å²) >= 11 is 5.69. The van der Waals surface area contributed by atoms with Crippen LogP contribution in [0.5, 0.6) is 0 Å². The van der Waals surface area contributed by atoms with Crippen LogP contribution in [-0.4, -0.2) is 19.6 Å². The van der Waals surface area contributed by atoms with Crippen LogP contribution < -0.4 is 4.83 Å². The molecule has 0 amide bonds. The Bertz CT molecular complexity index is 670. The van der Waals surface area contributed by atoms with Gasteiger partial charge in [0.15, 0.2) is 0 Å². The molecule has 1 heterocycles. The predicted octanol–water partition coefficient (Wildman–Crippen LogP) is 2.05. The van der Waals surface area contributed by atoms with Crippen LogP contribution in [0.15, 0.2) is 58.8 Å². The molecule has 0 aliphatic carbocycles. The number of nitrogens with one attached hydrogen (secondary N) is 1. The van der Waals surface area contributed by atoms with Crippen molar-refractivity contribution in [2.24, 2.45) is 5.10 Å². The van der Waals surface area contributed by atoms with E-state index in [0.717, 1.165) is 0 Å². The number of nitrogens with zero attached hydrogens (tertiary/aromatic N) is 2. The van der Waals surface area contributed by atoms with Crippen LogP contribution in [0.25, 0.3) is 0 Å². The van der Waals surface area contributed by atoms with E-state index >= 15 is 0 Å². The van der Waals surface area contributed by atoms with Crippen molar-refractivity contribution in [3.8, 4) is 0 Å². The second-order valence-corrected chi connectivity index (χ2v) is 5.69. The Labute approximate surface area is 116 Å². The normalized spacial score (nSPS) is 11.6. The van der Waals surface area contributed by atoms with Crippen LogP contribution in [0.3, 0.4) is 0 Å². The molecule has 0 spiro atoms. The zero-order valence-corrected chi connectivity index (χ0v) is 11.3. The number of hydrazone groups is 1. The van der Waals surface area contributed by atoms with Crippen molar-refractivity contribution in [3.63, 3.8) is 0 Å². The molecule has 0 fully saturated rings. The molecule has 0 aliphatic rings. The molecule has 19 heavy (non-hydrogen) atoms. The average molecular weight is 296 g/mol. The molecule has 2 aromatic rings. The molecule has 0 saturated heterocycles. The van der Waals surface area contributed by atoms with Gasteiger partial charge in [0.2, 0.25) is 0 Å². The van der Waals surface area contributed by atoms with Crippen molar-refractivity contribution in [3.05, 3.63) is 59.4 Å². The number of halogens is 1. The van der Waals surface area contributed by atoms with Crippen LogP contribution in [0, 0.1) is 0 Å². The van der Waals surface area contributed by atoms with E-state index in [1.165, 1.54) is 30.5 Å². The minimum absolute atomic E-state index is 0.0974. The van der Waals surface area contributed by atoms with Crippen LogP contribution in [-0.2, 0) is 10.0 Å². The smallest absolute Gasteiger partial charge is 0.264 e. The van der Waals surface area contributed by atoms with Gasteiger partial charge in [-0.25, -0.2) is 4.83 Å². The van der Waals surface area contributed by atoms with E-state index in [1.807, 2.05) is 0 Å². The van der Waals surface area contributed by atoms with Crippen molar-refractivity contribution in [1.29, 1.82) is 0 Å². The number of aromatic nitrogens is 1. The number of rotatable bonds is 4. The third-order valence-corrected chi connectivity index (χ3v) is 3.69. The monoisotopic (exact) mass is 295 g/mol. The first-order valence-corrected chi connectivity index (χ1v) is 7.14. The fourth-order valence-corrected chi connectivity index (χ4v) is 2.21. The summed E-state index contributed by atoms with van der Waals surface area (Å²) < 4.78 is 23.7. The zero-order valence-electron chi connectivity index (χ0n) is 9.69. The highest BCUT2D eigenvalue weighted by molar-refractivity contribution is 7.89. The lowest BCUT2D eigenvalue weighted by atomic mass is 10.3. The van der Waals surface area contributed by atoms with E-state index in [4.69, 9.17) is 11.6 Å². The minimum atomic E-state index is -3.67. The molecule has 1 N–H and O–H groups in total. The van der Waals surface area contributed by atoms with E-state index in [0.29, 0.717) is 10.6 Å². The molecule has 7 heteroatoms. The number of hydrogen-bond acceptors (Lipinski definition) is 4. The summed E-state index contributed by atoms with van der Waals surface area (Å²) in [4.78, 5) is 6.10. The highest BCUT2D eigenvalue weighted by atomic mass is 35.5. The largest absolute Gasteiger partial charge is 0.276 e. The molecule has 5 nitrogen and oxygen atoms in total. The lowest BCUT2D eigenvalue weighted by Gasteiger charge is -2.02. The van der Waals surface area contributed by atoms with Crippen LogP contribution in [0.4, 0.5) is 0 Å². The summed E-state index contributed by atoms with van der Waals surface area (Å²) in [5, 5.41) is 4.15. The summed E-state index contributed by atoms with van der Waals surface area (Å²) in [6, 6.07) is 9.30. The third kappa shape index (κ3) is 3.77. The van der Waals surface area contributed by atoms with Gasteiger partial charge in [0.25, 0.3) is 10.0 Å². The van der Waals surface area contributed by atoms with Crippen LogP contribution in [0.2, 0.25) is 5.02 Å². The number of hydrogen-bond donors (Lipinski definition) is 1. The Morgan fingerprint density at radius 1 is 1.21 bits per heavy atom. The highest BCUT2D eigenvalue weighted by Crippen LogP contribution is 2.13. The maximum Gasteiger partial charge on any atom is 0.276 e. The van der Waals surface area contributed by atoms with E-state index in [-0.39, 0.29) is 4.90 Å². The Morgan fingerprint density at radius 2 is 1.95 bits per heavy atom. The summed E-state index contributed by atoms with van der Waals surface area (Å²) in [7, 11) is -3.67. The highest BCUT2D eigenvalue weighted by Gasteiger charge is 2.11. The van der Waals surface area contributed by atoms with E-state index in [1.54, 1.807) is 24.5 Å². The van der Waals surface area contributed by atoms with Gasteiger partial charge in [-0.15, -0.1) is 0 Å². The molecule has 0 unspecified atom stereocenters. The lowest BCUT2D eigenvalue weighted by molar-refractivity contribution is 0.584. The molecule has 0 bridgehead atoms. The number of benzene rings is 1.